The highest BCUT2D eigenvalue weighted by Crippen LogP contribution is 2.39. The van der Waals surface area contributed by atoms with E-state index in [0.29, 0.717) is 5.56 Å². The summed E-state index contributed by atoms with van der Waals surface area (Å²) in [7, 11) is 3.46. The van der Waals surface area contributed by atoms with E-state index < -0.39 is 0 Å². The summed E-state index contributed by atoms with van der Waals surface area (Å²) in [6, 6.07) is 5.74. The molecule has 0 fully saturated rings. The lowest BCUT2D eigenvalue weighted by atomic mass is 9.81. The molecule has 1 heterocycles. The van der Waals surface area contributed by atoms with Gasteiger partial charge in [0.05, 0.1) is 18.1 Å². The molecule has 18 heavy (non-hydrogen) atoms. The molecule has 0 saturated heterocycles. The maximum atomic E-state index is 11.5. The number of rotatable bonds is 1. The van der Waals surface area contributed by atoms with Crippen LogP contribution in [0.3, 0.4) is 0 Å². The fourth-order valence-electron chi connectivity index (χ4n) is 2.37. The van der Waals surface area contributed by atoms with Crippen LogP contribution in [0.4, 0.5) is 5.69 Å². The summed E-state index contributed by atoms with van der Waals surface area (Å²) in [6.07, 6.45) is 0. The highest BCUT2D eigenvalue weighted by molar-refractivity contribution is 5.96. The number of nitrogens with zero attached hydrogens (tertiary/aromatic N) is 1. The molecule has 1 aliphatic heterocycles. The average molecular weight is 359 g/mol. The Morgan fingerprint density at radius 1 is 1.33 bits per heavy atom. The Kier molecular flexibility index (Phi) is 4.20. The second-order valence-electron chi connectivity index (χ2n) is 4.99. The second kappa shape index (κ2) is 4.99. The topological polar surface area (TPSA) is 29.3 Å². The van der Waals surface area contributed by atoms with Crippen molar-refractivity contribution < 1.29 is 38.1 Å². The number of ether oxygens (including phenoxy) is 1. The Morgan fingerprint density at radius 2 is 1.94 bits per heavy atom. The maximum Gasteiger partial charge on any atom is 0.337 e. The molecular weight excluding hydrogens is 341 g/mol. The summed E-state index contributed by atoms with van der Waals surface area (Å²) in [5.41, 5.74) is 4.21. The van der Waals surface area contributed by atoms with Gasteiger partial charge in [0, 0.05) is 18.6 Å². The molecule has 0 aliphatic carbocycles. The van der Waals surface area contributed by atoms with E-state index in [1.165, 1.54) is 24.1 Å². The van der Waals surface area contributed by atoms with Crippen LogP contribution < -0.4 is 24.0 Å². The lowest BCUT2D eigenvalue weighted by Crippen LogP contribution is -3.00. The number of fused-ring (bicyclic) bond motifs is 1. The number of halogens is 1. The van der Waals surface area contributed by atoms with Crippen molar-refractivity contribution in [1.29, 1.82) is 0 Å². The van der Waals surface area contributed by atoms with E-state index >= 15 is 0 Å². The number of benzene rings is 1. The minimum atomic E-state index is -0.282. The zero-order valence-electron chi connectivity index (χ0n) is 11.4. The number of methoxy groups -OCH3 is 1. The zero-order valence-corrected chi connectivity index (χ0v) is 13.5. The van der Waals surface area contributed by atoms with Crippen LogP contribution in [0.5, 0.6) is 0 Å². The number of esters is 1. The Bertz CT molecular complexity index is 533. The number of carbonyl (C=O) groups is 1. The van der Waals surface area contributed by atoms with E-state index in [9.17, 15) is 4.79 Å². The molecule has 2 rings (SSSR count). The SMILES string of the molecule is COC(=O)c1ccc2c(c1)C(C)(C)C(C)=[N+]2C.[I-]. The van der Waals surface area contributed by atoms with Gasteiger partial charge in [0.1, 0.15) is 7.05 Å². The van der Waals surface area contributed by atoms with Crippen molar-refractivity contribution in [3.63, 3.8) is 0 Å². The number of hydrogen-bond acceptors (Lipinski definition) is 2. The lowest BCUT2D eigenvalue weighted by molar-refractivity contribution is -0.403. The third-order valence-electron chi connectivity index (χ3n) is 3.86. The summed E-state index contributed by atoms with van der Waals surface area (Å²) in [5, 5.41) is 0. The average Bonchev–Trinajstić information content (AvgIpc) is 2.50. The molecule has 1 aromatic carbocycles. The van der Waals surface area contributed by atoms with Gasteiger partial charge in [-0.05, 0) is 26.0 Å². The van der Waals surface area contributed by atoms with Gasteiger partial charge in [-0.15, -0.1) is 0 Å². The predicted molar refractivity (Wildman–Crippen MR) is 67.3 cm³/mol. The van der Waals surface area contributed by atoms with Gasteiger partial charge in [0.25, 0.3) is 0 Å². The second-order valence-corrected chi connectivity index (χ2v) is 4.99. The molecule has 0 aromatic heterocycles. The molecule has 0 amide bonds. The molecule has 3 nitrogen and oxygen atoms in total. The minimum Gasteiger partial charge on any atom is -1.00 e. The smallest absolute Gasteiger partial charge is 0.337 e. The molecule has 0 unspecified atom stereocenters. The van der Waals surface area contributed by atoms with Gasteiger partial charge in [-0.25, -0.2) is 9.37 Å². The summed E-state index contributed by atoms with van der Waals surface area (Å²) in [4.78, 5) is 11.5. The third kappa shape index (κ3) is 2.06. The van der Waals surface area contributed by atoms with Crippen LogP contribution in [0.25, 0.3) is 0 Å². The van der Waals surface area contributed by atoms with Gasteiger partial charge in [-0.1, -0.05) is 0 Å². The molecule has 0 saturated carbocycles. The summed E-state index contributed by atoms with van der Waals surface area (Å²) >= 11 is 0. The van der Waals surface area contributed by atoms with Crippen molar-refractivity contribution in [2.45, 2.75) is 26.2 Å². The predicted octanol–water partition coefficient (Wildman–Crippen LogP) is -0.497. The van der Waals surface area contributed by atoms with E-state index in [0.717, 1.165) is 0 Å². The molecule has 0 radical (unpaired) electrons. The maximum absolute atomic E-state index is 11.5. The van der Waals surface area contributed by atoms with Crippen LogP contribution in [0.2, 0.25) is 0 Å². The van der Waals surface area contributed by atoms with Crippen molar-refractivity contribution in [1.82, 2.24) is 0 Å². The quantitative estimate of drug-likeness (QED) is 0.385. The molecule has 0 atom stereocenters. The van der Waals surface area contributed by atoms with Gasteiger partial charge in [-0.3, -0.25) is 0 Å². The highest BCUT2D eigenvalue weighted by Gasteiger charge is 2.41. The fourth-order valence-corrected chi connectivity index (χ4v) is 2.37. The van der Waals surface area contributed by atoms with Crippen molar-refractivity contribution >= 4 is 17.4 Å². The van der Waals surface area contributed by atoms with Crippen molar-refractivity contribution in [2.75, 3.05) is 14.2 Å². The van der Waals surface area contributed by atoms with Crippen LogP contribution in [0.1, 0.15) is 36.7 Å². The van der Waals surface area contributed by atoms with Crippen LogP contribution in [0.15, 0.2) is 18.2 Å². The first kappa shape index (κ1) is 15.1. The Morgan fingerprint density at radius 3 is 2.50 bits per heavy atom. The molecule has 1 aromatic rings. The zero-order chi connectivity index (χ0) is 12.8. The monoisotopic (exact) mass is 359 g/mol. The van der Waals surface area contributed by atoms with Crippen LogP contribution >= 0.6 is 0 Å². The van der Waals surface area contributed by atoms with Crippen LogP contribution in [0, 0.1) is 0 Å². The van der Waals surface area contributed by atoms with Crippen molar-refractivity contribution in [2.24, 2.45) is 0 Å². The molecular formula is C14H18INO2. The highest BCUT2D eigenvalue weighted by atomic mass is 127. The largest absolute Gasteiger partial charge is 1.00 e. The molecule has 0 N–H and O–H groups in total. The van der Waals surface area contributed by atoms with Gasteiger partial charge < -0.3 is 28.7 Å². The summed E-state index contributed by atoms with van der Waals surface area (Å²) in [6.45, 7) is 6.47. The molecule has 1 aliphatic rings. The van der Waals surface area contributed by atoms with Gasteiger partial charge >= 0.3 is 5.97 Å². The van der Waals surface area contributed by atoms with E-state index in [4.69, 9.17) is 4.74 Å². The molecule has 98 valence electrons. The van der Waals surface area contributed by atoms with Gasteiger partial charge in [-0.2, -0.15) is 0 Å². The van der Waals surface area contributed by atoms with E-state index in [2.05, 4.69) is 32.4 Å². The standard InChI is InChI=1S/C14H18NO2.HI/c1-9-14(2,3)11-8-10(13(16)17-5)6-7-12(11)15(9)4;/h6-8H,1-5H3;1H/q+1;/p-1. The molecule has 0 spiro atoms. The summed E-state index contributed by atoms with van der Waals surface area (Å²) in [5.74, 6) is -0.282. The van der Waals surface area contributed by atoms with Crippen LogP contribution in [-0.2, 0) is 10.2 Å². The Labute approximate surface area is 125 Å². The Balaban J connectivity index is 0.00000162. The first-order chi connectivity index (χ1) is 7.89. The summed E-state index contributed by atoms with van der Waals surface area (Å²) < 4.78 is 6.94. The van der Waals surface area contributed by atoms with Crippen molar-refractivity contribution in [3.05, 3.63) is 29.3 Å². The number of carbonyl (C=O) groups excluding carboxylic acids is 1. The van der Waals surface area contributed by atoms with Crippen LogP contribution in [-0.4, -0.2) is 30.4 Å². The number of hydrogen-bond donors (Lipinski definition) is 0. The van der Waals surface area contributed by atoms with Gasteiger partial charge in [0.15, 0.2) is 5.71 Å². The Hall–Kier alpha value is -0.910. The van der Waals surface area contributed by atoms with Gasteiger partial charge in [0.2, 0.25) is 5.69 Å². The minimum absolute atomic E-state index is 0. The fraction of sp³-hybridized carbons (Fsp3) is 0.429. The third-order valence-corrected chi connectivity index (χ3v) is 3.86. The first-order valence-corrected chi connectivity index (χ1v) is 5.70. The van der Waals surface area contributed by atoms with E-state index in [-0.39, 0.29) is 35.4 Å². The first-order valence-electron chi connectivity index (χ1n) is 5.70. The van der Waals surface area contributed by atoms with E-state index in [1.807, 2.05) is 18.2 Å². The van der Waals surface area contributed by atoms with Crippen molar-refractivity contribution in [3.8, 4) is 0 Å². The van der Waals surface area contributed by atoms with E-state index in [1.54, 1.807) is 0 Å². The lowest BCUT2D eigenvalue weighted by Gasteiger charge is -2.15. The molecule has 0 bridgehead atoms. The normalized spacial score (nSPS) is 16.1. The molecule has 4 heteroatoms.